The number of allylic oxidation sites excluding steroid dienone is 2. The number of hydrogen-bond acceptors (Lipinski definition) is 2. The van der Waals surface area contributed by atoms with Crippen molar-refractivity contribution in [3.8, 4) is 5.75 Å². The van der Waals surface area contributed by atoms with Gasteiger partial charge in [-0.15, -0.1) is 0 Å². The summed E-state index contributed by atoms with van der Waals surface area (Å²) in [5.41, 5.74) is 2.70. The summed E-state index contributed by atoms with van der Waals surface area (Å²) in [6, 6.07) is 7.60. The van der Waals surface area contributed by atoms with Crippen LogP contribution in [0.5, 0.6) is 5.75 Å². The molecule has 0 radical (unpaired) electrons. The van der Waals surface area contributed by atoms with Crippen molar-refractivity contribution in [1.29, 1.82) is 0 Å². The second-order valence-electron chi connectivity index (χ2n) is 5.48. The summed E-state index contributed by atoms with van der Waals surface area (Å²) in [6.45, 7) is 0. The Kier molecular flexibility index (Phi) is 2.94. The second-order valence-corrected chi connectivity index (χ2v) is 5.48. The first kappa shape index (κ1) is 11.5. The summed E-state index contributed by atoms with van der Waals surface area (Å²) in [6.07, 6.45) is 6.98. The molecule has 2 aliphatic carbocycles. The molecule has 0 bridgehead atoms. The lowest BCUT2D eigenvalue weighted by molar-refractivity contribution is -0.115. The largest absolute Gasteiger partial charge is 0.508 e. The highest BCUT2D eigenvalue weighted by Gasteiger charge is 2.29. The van der Waals surface area contributed by atoms with Crippen molar-refractivity contribution in [3.05, 3.63) is 41.5 Å². The molecule has 0 spiro atoms. The van der Waals surface area contributed by atoms with E-state index in [2.05, 4.69) is 0 Å². The minimum atomic E-state index is 0.310. The van der Waals surface area contributed by atoms with Crippen molar-refractivity contribution in [3.63, 3.8) is 0 Å². The first-order valence-corrected chi connectivity index (χ1v) is 6.74. The van der Waals surface area contributed by atoms with Gasteiger partial charge in [0.25, 0.3) is 0 Å². The summed E-state index contributed by atoms with van der Waals surface area (Å²) < 4.78 is 0. The van der Waals surface area contributed by atoms with Gasteiger partial charge in [0.1, 0.15) is 5.75 Å². The predicted octanol–water partition coefficient (Wildman–Crippen LogP) is 3.57. The Morgan fingerprint density at radius 3 is 2.50 bits per heavy atom. The minimum absolute atomic E-state index is 0.310. The smallest absolute Gasteiger partial charge is 0.155 e. The lowest BCUT2D eigenvalue weighted by Gasteiger charge is -2.33. The molecule has 2 aliphatic rings. The highest BCUT2D eigenvalue weighted by atomic mass is 16.3. The molecule has 0 unspecified atom stereocenters. The van der Waals surface area contributed by atoms with Crippen molar-refractivity contribution in [2.75, 3.05) is 0 Å². The van der Waals surface area contributed by atoms with Gasteiger partial charge in [-0.3, -0.25) is 4.79 Å². The van der Waals surface area contributed by atoms with Crippen LogP contribution in [0.1, 0.15) is 43.6 Å². The molecule has 1 aromatic carbocycles. The Balaban J connectivity index is 1.77. The maximum atomic E-state index is 11.4. The van der Waals surface area contributed by atoms with Gasteiger partial charge < -0.3 is 5.11 Å². The average Bonchev–Trinajstić information content (AvgIpc) is 2.39. The molecule has 0 heterocycles. The third-order valence-electron chi connectivity index (χ3n) is 4.32. The first-order valence-electron chi connectivity index (χ1n) is 6.74. The quantitative estimate of drug-likeness (QED) is 0.817. The van der Waals surface area contributed by atoms with Crippen molar-refractivity contribution in [2.45, 2.75) is 38.0 Å². The van der Waals surface area contributed by atoms with Crippen molar-refractivity contribution >= 4 is 5.78 Å². The van der Waals surface area contributed by atoms with Crippen LogP contribution >= 0.6 is 0 Å². The Morgan fingerprint density at radius 2 is 1.72 bits per heavy atom. The molecule has 2 heteroatoms. The molecule has 1 saturated carbocycles. The van der Waals surface area contributed by atoms with E-state index < -0.39 is 0 Å². The van der Waals surface area contributed by atoms with Crippen LogP contribution < -0.4 is 0 Å². The zero-order valence-electron chi connectivity index (χ0n) is 10.4. The number of aromatic hydroxyl groups is 1. The van der Waals surface area contributed by atoms with Gasteiger partial charge in [0.15, 0.2) is 5.78 Å². The monoisotopic (exact) mass is 242 g/mol. The molecule has 2 nitrogen and oxygen atoms in total. The van der Waals surface area contributed by atoms with Gasteiger partial charge in [0, 0.05) is 6.42 Å². The third-order valence-corrected chi connectivity index (χ3v) is 4.32. The second kappa shape index (κ2) is 4.60. The summed E-state index contributed by atoms with van der Waals surface area (Å²) in [4.78, 5) is 11.4. The van der Waals surface area contributed by atoms with Crippen molar-refractivity contribution in [2.24, 2.45) is 5.92 Å². The normalized spacial score (nSPS) is 27.6. The molecule has 0 saturated heterocycles. The molecule has 18 heavy (non-hydrogen) atoms. The van der Waals surface area contributed by atoms with Crippen LogP contribution in [-0.4, -0.2) is 10.9 Å². The van der Waals surface area contributed by atoms with Crippen LogP contribution in [-0.2, 0) is 4.79 Å². The summed E-state index contributed by atoms with van der Waals surface area (Å²) in [5.74, 6) is 1.83. The Hall–Kier alpha value is -1.57. The number of rotatable bonds is 1. The maximum Gasteiger partial charge on any atom is 0.155 e. The van der Waals surface area contributed by atoms with E-state index in [0.29, 0.717) is 23.4 Å². The van der Waals surface area contributed by atoms with Crippen LogP contribution in [0.4, 0.5) is 0 Å². The Labute approximate surface area is 107 Å². The van der Waals surface area contributed by atoms with Crippen LogP contribution in [0, 0.1) is 5.92 Å². The number of ketones is 1. The fraction of sp³-hybridized carbons (Fsp3) is 0.438. The van der Waals surface area contributed by atoms with E-state index in [1.54, 1.807) is 12.1 Å². The fourth-order valence-corrected chi connectivity index (χ4v) is 3.30. The van der Waals surface area contributed by atoms with E-state index in [0.717, 1.165) is 32.1 Å². The Bertz CT molecular complexity index is 484. The van der Waals surface area contributed by atoms with Crippen LogP contribution in [0.15, 0.2) is 35.9 Å². The molecule has 0 amide bonds. The van der Waals surface area contributed by atoms with Gasteiger partial charge in [-0.1, -0.05) is 17.7 Å². The number of phenolic OH excluding ortho intramolecular Hbond substituents is 1. The zero-order valence-corrected chi connectivity index (χ0v) is 10.4. The van der Waals surface area contributed by atoms with Crippen LogP contribution in [0.2, 0.25) is 0 Å². The van der Waals surface area contributed by atoms with Gasteiger partial charge in [-0.25, -0.2) is 0 Å². The molecule has 1 N–H and O–H groups in total. The topological polar surface area (TPSA) is 37.3 Å². The van der Waals surface area contributed by atoms with E-state index in [1.165, 1.54) is 11.1 Å². The van der Waals surface area contributed by atoms with Gasteiger partial charge in [-0.2, -0.15) is 0 Å². The van der Waals surface area contributed by atoms with E-state index in [1.807, 2.05) is 18.2 Å². The fourth-order valence-electron chi connectivity index (χ4n) is 3.30. The molecule has 2 atom stereocenters. The molecule has 1 fully saturated rings. The molecular weight excluding hydrogens is 224 g/mol. The SMILES string of the molecule is O=C1C=C2CC[C@H](c3ccc(O)cc3)C[C@@H]2CC1. The molecule has 94 valence electrons. The minimum Gasteiger partial charge on any atom is -0.508 e. The maximum absolute atomic E-state index is 11.4. The van der Waals surface area contributed by atoms with E-state index in [9.17, 15) is 9.90 Å². The molecule has 0 aliphatic heterocycles. The van der Waals surface area contributed by atoms with Gasteiger partial charge in [0.2, 0.25) is 0 Å². The number of carbonyl (C=O) groups is 1. The lowest BCUT2D eigenvalue weighted by Crippen LogP contribution is -2.21. The first-order chi connectivity index (χ1) is 8.72. The van der Waals surface area contributed by atoms with E-state index in [4.69, 9.17) is 0 Å². The standard InChI is InChI=1S/C16H18O2/c17-15-6-3-11(4-7-15)12-1-2-14-10-16(18)8-5-13(14)9-12/h3-4,6-7,10,12-13,17H,1-2,5,8-9H2/t12-,13-/m0/s1. The number of hydrogen-bond donors (Lipinski definition) is 1. The van der Waals surface area contributed by atoms with Gasteiger partial charge in [-0.05, 0) is 61.3 Å². The summed E-state index contributed by atoms with van der Waals surface area (Å²) in [5, 5.41) is 9.33. The molecule has 0 aromatic heterocycles. The number of benzene rings is 1. The van der Waals surface area contributed by atoms with E-state index >= 15 is 0 Å². The lowest BCUT2D eigenvalue weighted by atomic mass is 9.71. The number of phenols is 1. The van der Waals surface area contributed by atoms with Crippen LogP contribution in [0.3, 0.4) is 0 Å². The van der Waals surface area contributed by atoms with Crippen molar-refractivity contribution < 1.29 is 9.90 Å². The highest BCUT2D eigenvalue weighted by Crippen LogP contribution is 2.43. The molecule has 1 aromatic rings. The molecular formula is C16H18O2. The number of carbonyl (C=O) groups excluding carboxylic acids is 1. The molecule has 3 rings (SSSR count). The summed E-state index contributed by atoms with van der Waals surface area (Å²) in [7, 11) is 0. The average molecular weight is 242 g/mol. The van der Waals surface area contributed by atoms with Gasteiger partial charge in [0.05, 0.1) is 0 Å². The van der Waals surface area contributed by atoms with Crippen LogP contribution in [0.25, 0.3) is 0 Å². The van der Waals surface area contributed by atoms with Gasteiger partial charge >= 0.3 is 0 Å². The zero-order chi connectivity index (χ0) is 12.5. The van der Waals surface area contributed by atoms with E-state index in [-0.39, 0.29) is 0 Å². The summed E-state index contributed by atoms with van der Waals surface area (Å²) >= 11 is 0. The predicted molar refractivity (Wildman–Crippen MR) is 70.5 cm³/mol. The number of fused-ring (bicyclic) bond motifs is 1. The van der Waals surface area contributed by atoms with Crippen molar-refractivity contribution in [1.82, 2.24) is 0 Å². The third kappa shape index (κ3) is 2.20. The highest BCUT2D eigenvalue weighted by molar-refractivity contribution is 5.91. The Morgan fingerprint density at radius 1 is 1.00 bits per heavy atom.